The van der Waals surface area contributed by atoms with Crippen LogP contribution in [0.2, 0.25) is 0 Å². The largest absolute Gasteiger partial charge is 0.409 e. The number of hydrogen-bond acceptors (Lipinski definition) is 3. The Morgan fingerprint density at radius 1 is 1.35 bits per heavy atom. The molecule has 0 radical (unpaired) electrons. The smallest absolute Gasteiger partial charge is 0.143 e. The van der Waals surface area contributed by atoms with Gasteiger partial charge in [0, 0.05) is 18.5 Å². The predicted octanol–water partition coefficient (Wildman–Crippen LogP) is 2.02. The molecule has 3 N–H and O–H groups in total. The van der Waals surface area contributed by atoms with E-state index in [9.17, 15) is 0 Å². The van der Waals surface area contributed by atoms with Crippen LogP contribution in [0.15, 0.2) is 5.16 Å². The first-order valence-corrected chi connectivity index (χ1v) is 6.94. The van der Waals surface area contributed by atoms with Crippen molar-refractivity contribution in [1.82, 2.24) is 4.90 Å². The summed E-state index contributed by atoms with van der Waals surface area (Å²) in [5, 5.41) is 11.8. The predicted molar refractivity (Wildman–Crippen MR) is 69.1 cm³/mol. The highest BCUT2D eigenvalue weighted by Crippen LogP contribution is 2.35. The molecule has 0 aromatic rings. The average Bonchev–Trinajstić information content (AvgIpc) is 2.97. The summed E-state index contributed by atoms with van der Waals surface area (Å²) in [6, 6.07) is 0.756. The average molecular weight is 239 g/mol. The minimum atomic E-state index is 0.155. The van der Waals surface area contributed by atoms with Crippen LogP contribution in [-0.4, -0.2) is 35.1 Å². The zero-order valence-electron chi connectivity index (χ0n) is 10.8. The zero-order valence-corrected chi connectivity index (χ0v) is 10.8. The van der Waals surface area contributed by atoms with Crippen molar-refractivity contribution in [1.29, 1.82) is 0 Å². The molecule has 0 spiro atoms. The van der Waals surface area contributed by atoms with Crippen molar-refractivity contribution in [3.63, 3.8) is 0 Å². The molecule has 4 nitrogen and oxygen atoms in total. The fourth-order valence-corrected chi connectivity index (χ4v) is 3.50. The van der Waals surface area contributed by atoms with Gasteiger partial charge in [0.15, 0.2) is 0 Å². The van der Waals surface area contributed by atoms with Crippen LogP contribution in [0, 0.1) is 11.8 Å². The van der Waals surface area contributed by atoms with Gasteiger partial charge in [-0.25, -0.2) is 0 Å². The minimum Gasteiger partial charge on any atom is -0.409 e. The molecule has 1 aliphatic heterocycles. The molecule has 0 aromatic heterocycles. The Hall–Kier alpha value is -0.770. The molecule has 0 amide bonds. The zero-order chi connectivity index (χ0) is 12.3. The van der Waals surface area contributed by atoms with E-state index < -0.39 is 0 Å². The van der Waals surface area contributed by atoms with Gasteiger partial charge in [-0.3, -0.25) is 4.90 Å². The van der Waals surface area contributed by atoms with Crippen molar-refractivity contribution in [2.75, 3.05) is 13.1 Å². The summed E-state index contributed by atoms with van der Waals surface area (Å²) in [6.45, 7) is 4.17. The lowest BCUT2D eigenvalue weighted by Crippen LogP contribution is -2.40. The number of nitrogens with two attached hydrogens (primary N) is 1. The second kappa shape index (κ2) is 5.71. The summed E-state index contributed by atoms with van der Waals surface area (Å²) in [5.74, 6) is 1.42. The minimum absolute atomic E-state index is 0.155. The van der Waals surface area contributed by atoms with Crippen LogP contribution >= 0.6 is 0 Å². The third kappa shape index (κ3) is 2.92. The molecule has 1 saturated carbocycles. The Labute approximate surface area is 104 Å². The van der Waals surface area contributed by atoms with Gasteiger partial charge in [0.05, 0.1) is 0 Å². The maximum absolute atomic E-state index is 8.70. The molecule has 4 heteroatoms. The van der Waals surface area contributed by atoms with Crippen molar-refractivity contribution >= 4 is 5.84 Å². The maximum Gasteiger partial charge on any atom is 0.143 e. The Bertz CT molecular complexity index is 274. The topological polar surface area (TPSA) is 61.8 Å². The highest BCUT2D eigenvalue weighted by Gasteiger charge is 2.33. The third-order valence-electron chi connectivity index (χ3n) is 4.49. The highest BCUT2D eigenvalue weighted by atomic mass is 16.4. The molecule has 0 aromatic carbocycles. The monoisotopic (exact) mass is 239 g/mol. The summed E-state index contributed by atoms with van der Waals surface area (Å²) >= 11 is 0. The Morgan fingerprint density at radius 3 is 2.71 bits per heavy atom. The SMILES string of the molecule is CC(CN1CCCC1C1CCCC1)C(N)=NO. The summed E-state index contributed by atoms with van der Waals surface area (Å²) < 4.78 is 0. The van der Waals surface area contributed by atoms with Gasteiger partial charge in [0.2, 0.25) is 0 Å². The fourth-order valence-electron chi connectivity index (χ4n) is 3.50. The van der Waals surface area contributed by atoms with E-state index in [2.05, 4.69) is 10.1 Å². The van der Waals surface area contributed by atoms with E-state index in [4.69, 9.17) is 10.9 Å². The van der Waals surface area contributed by atoms with Crippen molar-refractivity contribution in [3.05, 3.63) is 0 Å². The van der Waals surface area contributed by atoms with Crippen LogP contribution in [0.4, 0.5) is 0 Å². The van der Waals surface area contributed by atoms with Crippen molar-refractivity contribution in [3.8, 4) is 0 Å². The molecule has 2 atom stereocenters. The van der Waals surface area contributed by atoms with E-state index in [-0.39, 0.29) is 5.92 Å². The first-order valence-electron chi connectivity index (χ1n) is 6.94. The second-order valence-corrected chi connectivity index (χ2v) is 5.67. The molecule has 1 aliphatic carbocycles. The number of amidine groups is 1. The molecule has 1 heterocycles. The van der Waals surface area contributed by atoms with E-state index >= 15 is 0 Å². The molecule has 98 valence electrons. The quantitative estimate of drug-likeness (QED) is 0.341. The van der Waals surface area contributed by atoms with E-state index in [1.165, 1.54) is 45.1 Å². The van der Waals surface area contributed by atoms with Gasteiger partial charge in [-0.05, 0) is 38.1 Å². The molecule has 1 saturated heterocycles. The standard InChI is InChI=1S/C13H25N3O/c1-10(13(14)15-17)9-16-8-4-7-12(16)11-5-2-3-6-11/h10-12,17H,2-9H2,1H3,(H2,14,15). The second-order valence-electron chi connectivity index (χ2n) is 5.67. The molecule has 0 bridgehead atoms. The Kier molecular flexibility index (Phi) is 4.26. The van der Waals surface area contributed by atoms with Gasteiger partial charge in [0.1, 0.15) is 5.84 Å². The number of rotatable bonds is 4. The number of oxime groups is 1. The van der Waals surface area contributed by atoms with Crippen molar-refractivity contribution < 1.29 is 5.21 Å². The van der Waals surface area contributed by atoms with Crippen LogP contribution in [-0.2, 0) is 0 Å². The van der Waals surface area contributed by atoms with E-state index in [1.54, 1.807) is 0 Å². The van der Waals surface area contributed by atoms with Crippen LogP contribution < -0.4 is 5.73 Å². The van der Waals surface area contributed by atoms with Gasteiger partial charge >= 0.3 is 0 Å². The lowest BCUT2D eigenvalue weighted by Gasteiger charge is -2.31. The van der Waals surface area contributed by atoms with Crippen molar-refractivity contribution in [2.45, 2.75) is 51.5 Å². The van der Waals surface area contributed by atoms with E-state index in [0.29, 0.717) is 5.84 Å². The normalized spacial score (nSPS) is 29.9. The van der Waals surface area contributed by atoms with Crippen molar-refractivity contribution in [2.24, 2.45) is 22.7 Å². The summed E-state index contributed by atoms with van der Waals surface area (Å²) in [5.41, 5.74) is 5.67. The summed E-state index contributed by atoms with van der Waals surface area (Å²) in [4.78, 5) is 2.57. The number of hydrogen-bond donors (Lipinski definition) is 2. The molecule has 17 heavy (non-hydrogen) atoms. The summed E-state index contributed by atoms with van der Waals surface area (Å²) in [7, 11) is 0. The Balaban J connectivity index is 1.90. The van der Waals surface area contributed by atoms with Crippen LogP contribution in [0.25, 0.3) is 0 Å². The first kappa shape index (κ1) is 12.7. The first-order chi connectivity index (χ1) is 8.22. The van der Waals surface area contributed by atoms with Crippen LogP contribution in [0.1, 0.15) is 45.4 Å². The number of nitrogens with zero attached hydrogens (tertiary/aromatic N) is 2. The Morgan fingerprint density at radius 2 is 2.06 bits per heavy atom. The number of likely N-dealkylation sites (tertiary alicyclic amines) is 1. The fraction of sp³-hybridized carbons (Fsp3) is 0.923. The van der Waals surface area contributed by atoms with Gasteiger partial charge in [-0.2, -0.15) is 0 Å². The third-order valence-corrected chi connectivity index (χ3v) is 4.49. The van der Waals surface area contributed by atoms with E-state index in [1.807, 2.05) is 6.92 Å². The van der Waals surface area contributed by atoms with Gasteiger partial charge < -0.3 is 10.9 Å². The highest BCUT2D eigenvalue weighted by molar-refractivity contribution is 5.82. The van der Waals surface area contributed by atoms with Crippen LogP contribution in [0.5, 0.6) is 0 Å². The van der Waals surface area contributed by atoms with Crippen LogP contribution in [0.3, 0.4) is 0 Å². The van der Waals surface area contributed by atoms with Gasteiger partial charge in [-0.15, -0.1) is 0 Å². The molecular weight excluding hydrogens is 214 g/mol. The van der Waals surface area contributed by atoms with E-state index in [0.717, 1.165) is 18.5 Å². The molecular formula is C13H25N3O. The molecule has 2 fully saturated rings. The lowest BCUT2D eigenvalue weighted by molar-refractivity contribution is 0.180. The lowest BCUT2D eigenvalue weighted by atomic mass is 9.95. The summed E-state index contributed by atoms with van der Waals surface area (Å²) in [6.07, 6.45) is 8.27. The molecule has 2 unspecified atom stereocenters. The van der Waals surface area contributed by atoms with Gasteiger partial charge in [0.25, 0.3) is 0 Å². The molecule has 2 aliphatic rings. The van der Waals surface area contributed by atoms with Gasteiger partial charge in [-0.1, -0.05) is 24.9 Å². The maximum atomic E-state index is 8.70. The molecule has 2 rings (SSSR count).